The monoisotopic (exact) mass is 639 g/mol. The van der Waals surface area contributed by atoms with Crippen molar-refractivity contribution >= 4 is 43.2 Å². The van der Waals surface area contributed by atoms with Gasteiger partial charge in [-0.2, -0.15) is 0 Å². The van der Waals surface area contributed by atoms with Crippen molar-refractivity contribution in [1.82, 2.24) is 4.57 Å². The molecule has 1 heteroatoms. The molecule has 0 saturated carbocycles. The van der Waals surface area contributed by atoms with Gasteiger partial charge in [-0.25, -0.2) is 0 Å². The van der Waals surface area contributed by atoms with Crippen LogP contribution in [0.15, 0.2) is 152 Å². The molecule has 0 fully saturated rings. The quantitative estimate of drug-likeness (QED) is 0.181. The molecule has 1 aliphatic rings. The zero-order chi connectivity index (χ0) is 33.7. The van der Waals surface area contributed by atoms with E-state index in [1.807, 2.05) is 0 Å². The Bertz CT molecular complexity index is 2860. The molecule has 1 nitrogen and oxygen atoms in total. The number of nitrogens with zero attached hydrogens (tertiary/aromatic N) is 1. The van der Waals surface area contributed by atoms with Crippen molar-refractivity contribution in [2.75, 3.05) is 0 Å². The first-order valence-corrected chi connectivity index (χ1v) is 17.7. The number of aryl methyl sites for hydroxylation is 1. The Morgan fingerprint density at radius 2 is 1.04 bits per heavy atom. The lowest BCUT2D eigenvalue weighted by molar-refractivity contribution is 0.660. The fraction of sp³-hybridized carbons (Fsp3) is 0.102. The molecule has 0 atom stereocenters. The first-order chi connectivity index (χ1) is 24.4. The minimum atomic E-state index is -0.0135. The Labute approximate surface area is 293 Å². The third kappa shape index (κ3) is 4.13. The summed E-state index contributed by atoms with van der Waals surface area (Å²) in [4.78, 5) is 0. The second-order valence-corrected chi connectivity index (χ2v) is 14.6. The summed E-state index contributed by atoms with van der Waals surface area (Å²) in [6, 6.07) is 56.6. The number of benzene rings is 8. The van der Waals surface area contributed by atoms with E-state index in [-0.39, 0.29) is 5.41 Å². The van der Waals surface area contributed by atoms with Crippen LogP contribution in [-0.2, 0) is 5.41 Å². The van der Waals surface area contributed by atoms with Crippen molar-refractivity contribution in [1.29, 1.82) is 0 Å². The summed E-state index contributed by atoms with van der Waals surface area (Å²) in [5, 5.41) is 8.90. The van der Waals surface area contributed by atoms with Crippen LogP contribution in [0.2, 0.25) is 0 Å². The van der Waals surface area contributed by atoms with E-state index < -0.39 is 0 Å². The molecule has 0 radical (unpaired) electrons. The van der Waals surface area contributed by atoms with Crippen LogP contribution in [0.4, 0.5) is 0 Å². The van der Waals surface area contributed by atoms with Gasteiger partial charge >= 0.3 is 0 Å². The maximum atomic E-state index is 2.48. The smallest absolute Gasteiger partial charge is 0.0540 e. The van der Waals surface area contributed by atoms with E-state index in [1.165, 1.54) is 105 Å². The molecule has 0 N–H and O–H groups in total. The molecule has 0 bridgehead atoms. The van der Waals surface area contributed by atoms with E-state index in [4.69, 9.17) is 0 Å². The van der Waals surface area contributed by atoms with Gasteiger partial charge in [-0.3, -0.25) is 0 Å². The molecule has 1 aliphatic carbocycles. The zero-order valence-electron chi connectivity index (χ0n) is 28.9. The van der Waals surface area contributed by atoms with Gasteiger partial charge < -0.3 is 4.57 Å². The highest BCUT2D eigenvalue weighted by molar-refractivity contribution is 6.06. The standard InChI is InChI=1S/C49H37N/c1-30-31(2)50(47-24-23-39(40-13-7-8-15-43(40)47)37-20-17-32-11-5-6-12-33(32)25-37)48-29-36-19-18-34(26-38(36)27-44(30)48)35-21-22-42-41-14-9-10-16-45(41)49(3,4)46(42)28-35/h5-29H,1-4H3. The summed E-state index contributed by atoms with van der Waals surface area (Å²) in [7, 11) is 0. The minimum Gasteiger partial charge on any atom is -0.313 e. The predicted octanol–water partition coefficient (Wildman–Crippen LogP) is 13.3. The van der Waals surface area contributed by atoms with E-state index >= 15 is 0 Å². The normalized spacial score (nSPS) is 13.4. The highest BCUT2D eigenvalue weighted by atomic mass is 15.0. The summed E-state index contributed by atoms with van der Waals surface area (Å²) in [6.07, 6.45) is 0. The van der Waals surface area contributed by atoms with Crippen LogP contribution in [0, 0.1) is 13.8 Å². The first-order valence-electron chi connectivity index (χ1n) is 17.7. The Kier molecular flexibility index (Phi) is 6.12. The van der Waals surface area contributed by atoms with Crippen molar-refractivity contribution in [2.45, 2.75) is 33.1 Å². The largest absolute Gasteiger partial charge is 0.313 e. The second kappa shape index (κ2) is 10.5. The zero-order valence-corrected chi connectivity index (χ0v) is 28.9. The number of aromatic nitrogens is 1. The minimum absolute atomic E-state index is 0.0135. The highest BCUT2D eigenvalue weighted by Gasteiger charge is 2.35. The first kappa shape index (κ1) is 29.0. The molecule has 1 aromatic heterocycles. The molecule has 1 heterocycles. The molecule has 50 heavy (non-hydrogen) atoms. The van der Waals surface area contributed by atoms with Gasteiger partial charge in [0, 0.05) is 21.9 Å². The lowest BCUT2D eigenvalue weighted by atomic mass is 9.81. The highest BCUT2D eigenvalue weighted by Crippen LogP contribution is 2.49. The van der Waals surface area contributed by atoms with Crippen LogP contribution >= 0.6 is 0 Å². The molecule has 0 amide bonds. The molecule has 238 valence electrons. The maximum absolute atomic E-state index is 2.48. The van der Waals surface area contributed by atoms with Gasteiger partial charge in [0.2, 0.25) is 0 Å². The second-order valence-electron chi connectivity index (χ2n) is 14.6. The van der Waals surface area contributed by atoms with E-state index in [1.54, 1.807) is 0 Å². The van der Waals surface area contributed by atoms with E-state index in [2.05, 4.69) is 184 Å². The Balaban J connectivity index is 1.10. The van der Waals surface area contributed by atoms with Crippen molar-refractivity contribution in [3.05, 3.63) is 174 Å². The average molecular weight is 640 g/mol. The van der Waals surface area contributed by atoms with Crippen LogP contribution in [0.3, 0.4) is 0 Å². The fourth-order valence-electron chi connectivity index (χ4n) is 8.77. The summed E-state index contributed by atoms with van der Waals surface area (Å²) in [5.41, 5.74) is 15.7. The SMILES string of the molecule is Cc1c(C)n(-c2ccc(-c3ccc4ccccc4c3)c3ccccc23)c2cc3ccc(-c4ccc5c(c4)C(C)(C)c4ccccc4-5)cc3cc12. The molecule has 0 saturated heterocycles. The number of rotatable bonds is 3. The van der Waals surface area contributed by atoms with Crippen LogP contribution in [0.25, 0.3) is 82.3 Å². The molecule has 0 unspecified atom stereocenters. The van der Waals surface area contributed by atoms with E-state index in [0.29, 0.717) is 0 Å². The van der Waals surface area contributed by atoms with E-state index in [9.17, 15) is 0 Å². The van der Waals surface area contributed by atoms with Crippen LogP contribution < -0.4 is 0 Å². The third-order valence-corrected chi connectivity index (χ3v) is 11.6. The fourth-order valence-corrected chi connectivity index (χ4v) is 8.77. The van der Waals surface area contributed by atoms with Gasteiger partial charge in [-0.05, 0) is 127 Å². The van der Waals surface area contributed by atoms with E-state index in [0.717, 1.165) is 0 Å². The lowest BCUT2D eigenvalue weighted by Gasteiger charge is -2.22. The predicted molar refractivity (Wildman–Crippen MR) is 214 cm³/mol. The number of fused-ring (bicyclic) bond motifs is 7. The van der Waals surface area contributed by atoms with Gasteiger partial charge in [0.15, 0.2) is 0 Å². The van der Waals surface area contributed by atoms with Crippen molar-refractivity contribution in [3.8, 4) is 39.1 Å². The van der Waals surface area contributed by atoms with Crippen molar-refractivity contribution in [2.24, 2.45) is 0 Å². The third-order valence-electron chi connectivity index (χ3n) is 11.6. The molecule has 9 aromatic rings. The van der Waals surface area contributed by atoms with Crippen molar-refractivity contribution in [3.63, 3.8) is 0 Å². The van der Waals surface area contributed by atoms with Gasteiger partial charge in [0.25, 0.3) is 0 Å². The maximum Gasteiger partial charge on any atom is 0.0540 e. The van der Waals surface area contributed by atoms with Gasteiger partial charge in [-0.1, -0.05) is 129 Å². The van der Waals surface area contributed by atoms with Gasteiger partial charge in [0.05, 0.1) is 11.2 Å². The Morgan fingerprint density at radius 1 is 0.420 bits per heavy atom. The van der Waals surface area contributed by atoms with Gasteiger partial charge in [0.1, 0.15) is 0 Å². The summed E-state index contributed by atoms with van der Waals surface area (Å²) in [6.45, 7) is 9.25. The topological polar surface area (TPSA) is 4.93 Å². The summed E-state index contributed by atoms with van der Waals surface area (Å²) < 4.78 is 2.48. The molecule has 10 rings (SSSR count). The molecule has 8 aromatic carbocycles. The summed E-state index contributed by atoms with van der Waals surface area (Å²) in [5.74, 6) is 0. The summed E-state index contributed by atoms with van der Waals surface area (Å²) >= 11 is 0. The van der Waals surface area contributed by atoms with Crippen LogP contribution in [0.5, 0.6) is 0 Å². The van der Waals surface area contributed by atoms with Crippen LogP contribution in [0.1, 0.15) is 36.2 Å². The van der Waals surface area contributed by atoms with Crippen LogP contribution in [-0.4, -0.2) is 4.57 Å². The average Bonchev–Trinajstić information content (AvgIpc) is 3.53. The van der Waals surface area contributed by atoms with Gasteiger partial charge in [-0.15, -0.1) is 0 Å². The molecular formula is C49H37N. The molecule has 0 aliphatic heterocycles. The molecule has 0 spiro atoms. The number of hydrogen-bond donors (Lipinski definition) is 0. The lowest BCUT2D eigenvalue weighted by Crippen LogP contribution is -2.14. The molecular weight excluding hydrogens is 603 g/mol. The number of hydrogen-bond acceptors (Lipinski definition) is 0. The Hall–Kier alpha value is -5.92. The Morgan fingerprint density at radius 3 is 1.92 bits per heavy atom. The van der Waals surface area contributed by atoms with Crippen molar-refractivity contribution < 1.29 is 0 Å².